The summed E-state index contributed by atoms with van der Waals surface area (Å²) >= 11 is 1.53. The fourth-order valence-electron chi connectivity index (χ4n) is 2.07. The molecule has 0 aliphatic heterocycles. The number of hydrogen-bond acceptors (Lipinski definition) is 5. The zero-order valence-corrected chi connectivity index (χ0v) is 13.1. The van der Waals surface area contributed by atoms with Gasteiger partial charge in [0.15, 0.2) is 10.8 Å². The average molecular weight is 310 g/mol. The van der Waals surface area contributed by atoms with Crippen LogP contribution in [0.5, 0.6) is 5.75 Å². The summed E-state index contributed by atoms with van der Waals surface area (Å²) < 4.78 is 11.3. The van der Waals surface area contributed by atoms with Crippen molar-refractivity contribution < 1.29 is 9.15 Å². The number of rotatable bonds is 4. The maximum absolute atomic E-state index is 8.87. The first-order valence-electron chi connectivity index (χ1n) is 6.80. The number of hydrogen-bond donors (Lipinski definition) is 0. The molecule has 0 radical (unpaired) electrons. The lowest BCUT2D eigenvalue weighted by Crippen LogP contribution is -1.97. The summed E-state index contributed by atoms with van der Waals surface area (Å²) in [6, 6.07) is 11.3. The van der Waals surface area contributed by atoms with Crippen molar-refractivity contribution in [2.45, 2.75) is 20.5 Å². The predicted molar refractivity (Wildman–Crippen MR) is 84.8 cm³/mol. The Labute approximate surface area is 132 Å². The number of nitrogens with zero attached hydrogens (tertiary/aromatic N) is 2. The molecule has 0 saturated heterocycles. The Balaban J connectivity index is 1.70. The summed E-state index contributed by atoms with van der Waals surface area (Å²) in [6.45, 7) is 4.23. The molecule has 110 valence electrons. The molecule has 5 heteroatoms. The Morgan fingerprint density at radius 3 is 2.82 bits per heavy atom. The summed E-state index contributed by atoms with van der Waals surface area (Å²) in [4.78, 5) is 4.52. The number of benzene rings is 1. The normalized spacial score (nSPS) is 10.4. The van der Waals surface area contributed by atoms with Crippen LogP contribution in [0.15, 0.2) is 40.1 Å². The molecule has 0 aliphatic carbocycles. The van der Waals surface area contributed by atoms with Gasteiger partial charge < -0.3 is 9.15 Å². The number of nitriles is 1. The van der Waals surface area contributed by atoms with E-state index in [1.54, 1.807) is 6.07 Å². The van der Waals surface area contributed by atoms with E-state index in [9.17, 15) is 0 Å². The van der Waals surface area contributed by atoms with E-state index in [4.69, 9.17) is 14.4 Å². The highest BCUT2D eigenvalue weighted by Crippen LogP contribution is 2.26. The fraction of sp³-hybridized carbons (Fsp3) is 0.176. The molecular formula is C17H14N2O2S. The standard InChI is InChI=1S/C17H14N2O2S/c1-11-7-13(8-18)4-6-15(11)20-9-14-10-22-17(19-14)16-5-3-12(2)21-16/h3-7,10H,9H2,1-2H3. The van der Waals surface area contributed by atoms with E-state index in [1.165, 1.54) is 11.3 Å². The Bertz CT molecular complexity index is 842. The highest BCUT2D eigenvalue weighted by molar-refractivity contribution is 7.13. The van der Waals surface area contributed by atoms with Crippen molar-refractivity contribution >= 4 is 11.3 Å². The van der Waals surface area contributed by atoms with Crippen LogP contribution in [-0.2, 0) is 6.61 Å². The van der Waals surface area contributed by atoms with Gasteiger partial charge >= 0.3 is 0 Å². The molecule has 2 aromatic heterocycles. The first-order chi connectivity index (χ1) is 10.7. The van der Waals surface area contributed by atoms with E-state index in [0.717, 1.165) is 33.5 Å². The molecule has 0 bridgehead atoms. The van der Waals surface area contributed by atoms with Crippen LogP contribution in [-0.4, -0.2) is 4.98 Å². The largest absolute Gasteiger partial charge is 0.487 e. The smallest absolute Gasteiger partial charge is 0.162 e. The lowest BCUT2D eigenvalue weighted by atomic mass is 10.1. The van der Waals surface area contributed by atoms with Crippen LogP contribution in [0.4, 0.5) is 0 Å². The van der Waals surface area contributed by atoms with Gasteiger partial charge in [-0.2, -0.15) is 5.26 Å². The van der Waals surface area contributed by atoms with Crippen LogP contribution in [0, 0.1) is 25.2 Å². The van der Waals surface area contributed by atoms with Gasteiger partial charge in [-0.1, -0.05) is 0 Å². The highest BCUT2D eigenvalue weighted by atomic mass is 32.1. The third-order valence-corrected chi connectivity index (χ3v) is 4.09. The molecule has 0 unspecified atom stereocenters. The molecule has 0 aliphatic rings. The molecule has 3 rings (SSSR count). The third-order valence-electron chi connectivity index (χ3n) is 3.18. The summed E-state index contributed by atoms with van der Waals surface area (Å²) in [5, 5.41) is 11.7. The van der Waals surface area contributed by atoms with Gasteiger partial charge in [0.05, 0.1) is 17.3 Å². The van der Waals surface area contributed by atoms with Gasteiger partial charge in [-0.05, 0) is 49.7 Å². The lowest BCUT2D eigenvalue weighted by Gasteiger charge is -2.07. The van der Waals surface area contributed by atoms with E-state index in [-0.39, 0.29) is 0 Å². The third kappa shape index (κ3) is 3.02. The zero-order chi connectivity index (χ0) is 15.5. The molecule has 0 N–H and O–H groups in total. The van der Waals surface area contributed by atoms with Crippen molar-refractivity contribution in [1.29, 1.82) is 5.26 Å². The minimum atomic E-state index is 0.392. The van der Waals surface area contributed by atoms with Crippen molar-refractivity contribution in [3.8, 4) is 22.6 Å². The van der Waals surface area contributed by atoms with Crippen molar-refractivity contribution in [3.05, 3.63) is 58.3 Å². The van der Waals surface area contributed by atoms with Crippen molar-refractivity contribution in [3.63, 3.8) is 0 Å². The second-order valence-electron chi connectivity index (χ2n) is 4.94. The van der Waals surface area contributed by atoms with E-state index < -0.39 is 0 Å². The minimum Gasteiger partial charge on any atom is -0.487 e. The number of aromatic nitrogens is 1. The average Bonchev–Trinajstić information content (AvgIpc) is 3.14. The minimum absolute atomic E-state index is 0.392. The maximum Gasteiger partial charge on any atom is 0.162 e. The van der Waals surface area contributed by atoms with E-state index in [2.05, 4.69) is 11.1 Å². The Morgan fingerprint density at radius 2 is 2.14 bits per heavy atom. The molecule has 0 spiro atoms. The van der Waals surface area contributed by atoms with Gasteiger partial charge in [0.1, 0.15) is 18.1 Å². The molecule has 2 heterocycles. The number of thiazole rings is 1. The molecule has 0 amide bonds. The van der Waals surface area contributed by atoms with Gasteiger partial charge in [-0.15, -0.1) is 11.3 Å². The molecule has 1 aromatic carbocycles. The SMILES string of the molecule is Cc1ccc(-c2nc(COc3ccc(C#N)cc3C)cs2)o1. The topological polar surface area (TPSA) is 59.0 Å². The summed E-state index contributed by atoms with van der Waals surface area (Å²) in [5.41, 5.74) is 2.43. The molecule has 22 heavy (non-hydrogen) atoms. The summed E-state index contributed by atoms with van der Waals surface area (Å²) in [7, 11) is 0. The van der Waals surface area contributed by atoms with Gasteiger partial charge in [0.2, 0.25) is 0 Å². The van der Waals surface area contributed by atoms with Crippen LogP contribution in [0.1, 0.15) is 22.6 Å². The number of aryl methyl sites for hydroxylation is 2. The van der Waals surface area contributed by atoms with Crippen molar-refractivity contribution in [1.82, 2.24) is 4.98 Å². The molecule has 3 aromatic rings. The van der Waals surface area contributed by atoms with Crippen molar-refractivity contribution in [2.75, 3.05) is 0 Å². The van der Waals surface area contributed by atoms with E-state index >= 15 is 0 Å². The zero-order valence-electron chi connectivity index (χ0n) is 12.3. The van der Waals surface area contributed by atoms with Gasteiger partial charge in [0, 0.05) is 5.38 Å². The Hall–Kier alpha value is -2.58. The summed E-state index contributed by atoms with van der Waals surface area (Å²) in [5.74, 6) is 2.42. The number of furan rings is 1. The van der Waals surface area contributed by atoms with Crippen LogP contribution in [0.2, 0.25) is 0 Å². The van der Waals surface area contributed by atoms with E-state index in [1.807, 2.05) is 43.5 Å². The second-order valence-corrected chi connectivity index (χ2v) is 5.79. The van der Waals surface area contributed by atoms with Gasteiger partial charge in [-0.3, -0.25) is 0 Å². The monoisotopic (exact) mass is 310 g/mol. The first kappa shape index (κ1) is 14.4. The molecule has 4 nitrogen and oxygen atoms in total. The summed E-state index contributed by atoms with van der Waals surface area (Å²) in [6.07, 6.45) is 0. The predicted octanol–water partition coefficient (Wildman–Crippen LogP) is 4.47. The van der Waals surface area contributed by atoms with Crippen LogP contribution < -0.4 is 4.74 Å². The Kier molecular flexibility index (Phi) is 3.94. The maximum atomic E-state index is 8.87. The number of ether oxygens (including phenoxy) is 1. The van der Waals surface area contributed by atoms with E-state index in [0.29, 0.717) is 12.2 Å². The fourth-order valence-corrected chi connectivity index (χ4v) is 2.83. The second kappa shape index (κ2) is 6.04. The highest BCUT2D eigenvalue weighted by Gasteiger charge is 2.09. The van der Waals surface area contributed by atoms with Crippen LogP contribution in [0.3, 0.4) is 0 Å². The van der Waals surface area contributed by atoms with Crippen molar-refractivity contribution in [2.24, 2.45) is 0 Å². The quantitative estimate of drug-likeness (QED) is 0.713. The molecular weight excluding hydrogens is 296 g/mol. The van der Waals surface area contributed by atoms with Gasteiger partial charge in [-0.25, -0.2) is 4.98 Å². The molecule has 0 atom stereocenters. The van der Waals surface area contributed by atoms with Gasteiger partial charge in [0.25, 0.3) is 0 Å². The lowest BCUT2D eigenvalue weighted by molar-refractivity contribution is 0.300. The molecule has 0 fully saturated rings. The first-order valence-corrected chi connectivity index (χ1v) is 7.68. The van der Waals surface area contributed by atoms with Crippen LogP contribution in [0.25, 0.3) is 10.8 Å². The van der Waals surface area contributed by atoms with Crippen LogP contribution >= 0.6 is 11.3 Å². The molecule has 0 saturated carbocycles. The Morgan fingerprint density at radius 1 is 1.27 bits per heavy atom.